The van der Waals surface area contributed by atoms with Crippen LogP contribution in [-0.2, 0) is 6.42 Å². The van der Waals surface area contributed by atoms with E-state index < -0.39 is 0 Å². The normalized spacial score (nSPS) is 12.6. The first-order valence-corrected chi connectivity index (χ1v) is 7.04. The van der Waals surface area contributed by atoms with Gasteiger partial charge in [0.1, 0.15) is 0 Å². The van der Waals surface area contributed by atoms with Gasteiger partial charge in [0.25, 0.3) is 0 Å². The average molecular weight is 333 g/mol. The van der Waals surface area contributed by atoms with Gasteiger partial charge in [0.15, 0.2) is 0 Å². The fraction of sp³-hybridized carbons (Fsp3) is 0.182. The summed E-state index contributed by atoms with van der Waals surface area (Å²) >= 11 is 11.1. The van der Waals surface area contributed by atoms with E-state index in [1.54, 1.807) is 11.3 Å². The quantitative estimate of drug-likeness (QED) is 0.667. The van der Waals surface area contributed by atoms with Crippen molar-refractivity contribution in [2.24, 2.45) is 5.84 Å². The molecule has 90 valence electrons. The Morgan fingerprint density at radius 3 is 2.94 bits per heavy atom. The van der Waals surface area contributed by atoms with Crippen LogP contribution in [0.3, 0.4) is 0 Å². The Balaban J connectivity index is 2.20. The molecule has 0 amide bonds. The average Bonchev–Trinajstić information content (AvgIpc) is 2.82. The van der Waals surface area contributed by atoms with Gasteiger partial charge in [0.05, 0.1) is 16.6 Å². The molecular formula is C11H11BrClN3S. The summed E-state index contributed by atoms with van der Waals surface area (Å²) < 4.78 is 0.886. The zero-order valence-electron chi connectivity index (χ0n) is 8.86. The first-order chi connectivity index (χ1) is 8.20. The van der Waals surface area contributed by atoms with Gasteiger partial charge in [-0.1, -0.05) is 17.7 Å². The van der Waals surface area contributed by atoms with Crippen LogP contribution in [0.4, 0.5) is 0 Å². The maximum Gasteiger partial charge on any atom is 0.0794 e. The van der Waals surface area contributed by atoms with Crippen molar-refractivity contribution in [3.05, 3.63) is 49.8 Å². The van der Waals surface area contributed by atoms with E-state index in [0.717, 1.165) is 16.5 Å². The predicted octanol–water partition coefficient (Wildman–Crippen LogP) is 3.31. The van der Waals surface area contributed by atoms with Gasteiger partial charge >= 0.3 is 0 Å². The lowest BCUT2D eigenvalue weighted by Gasteiger charge is -2.15. The van der Waals surface area contributed by atoms with Crippen LogP contribution in [-0.4, -0.2) is 4.98 Å². The smallest absolute Gasteiger partial charge is 0.0794 e. The molecule has 1 aromatic heterocycles. The number of nitrogens with one attached hydrogen (secondary N) is 1. The minimum Gasteiger partial charge on any atom is -0.271 e. The number of aromatic nitrogens is 1. The van der Waals surface area contributed by atoms with Gasteiger partial charge in [-0.05, 0) is 33.6 Å². The molecule has 0 saturated heterocycles. The molecule has 2 rings (SSSR count). The van der Waals surface area contributed by atoms with Crippen molar-refractivity contribution in [3.63, 3.8) is 0 Å². The van der Waals surface area contributed by atoms with Gasteiger partial charge < -0.3 is 0 Å². The highest BCUT2D eigenvalue weighted by Crippen LogP contribution is 2.27. The third kappa shape index (κ3) is 3.26. The van der Waals surface area contributed by atoms with E-state index in [1.807, 2.05) is 29.9 Å². The Morgan fingerprint density at radius 1 is 1.53 bits per heavy atom. The number of benzene rings is 1. The molecule has 2 aromatic rings. The number of rotatable bonds is 4. The van der Waals surface area contributed by atoms with E-state index >= 15 is 0 Å². The Labute approximate surface area is 117 Å². The zero-order valence-corrected chi connectivity index (χ0v) is 12.0. The summed E-state index contributed by atoms with van der Waals surface area (Å²) in [6.07, 6.45) is 2.66. The SMILES string of the molecule is NNC(Cc1cncs1)c1ccc(Br)c(Cl)c1. The number of hydrogen-bond donors (Lipinski definition) is 2. The van der Waals surface area contributed by atoms with Crippen LogP contribution in [0, 0.1) is 0 Å². The third-order valence-electron chi connectivity index (χ3n) is 2.44. The summed E-state index contributed by atoms with van der Waals surface area (Å²) in [4.78, 5) is 5.24. The third-order valence-corrected chi connectivity index (χ3v) is 4.47. The molecule has 17 heavy (non-hydrogen) atoms. The fourth-order valence-corrected chi connectivity index (χ4v) is 2.62. The summed E-state index contributed by atoms with van der Waals surface area (Å²) in [6, 6.07) is 5.88. The summed E-state index contributed by atoms with van der Waals surface area (Å²) in [7, 11) is 0. The molecule has 3 N–H and O–H groups in total. The highest BCUT2D eigenvalue weighted by atomic mass is 79.9. The first kappa shape index (κ1) is 13.0. The van der Waals surface area contributed by atoms with Crippen molar-refractivity contribution in [1.29, 1.82) is 0 Å². The molecule has 6 heteroatoms. The van der Waals surface area contributed by atoms with Gasteiger partial charge in [-0.2, -0.15) is 0 Å². The lowest BCUT2D eigenvalue weighted by Crippen LogP contribution is -2.29. The Bertz CT molecular complexity index is 489. The number of thiazole rings is 1. The predicted molar refractivity (Wildman–Crippen MR) is 75.0 cm³/mol. The molecule has 1 atom stereocenters. The van der Waals surface area contributed by atoms with Crippen molar-refractivity contribution < 1.29 is 0 Å². The molecule has 1 unspecified atom stereocenters. The van der Waals surface area contributed by atoms with Crippen LogP contribution in [0.25, 0.3) is 0 Å². The number of hydrogen-bond acceptors (Lipinski definition) is 4. The van der Waals surface area contributed by atoms with Crippen molar-refractivity contribution in [2.75, 3.05) is 0 Å². The molecule has 0 fully saturated rings. The molecule has 0 aliphatic carbocycles. The second-order valence-electron chi connectivity index (χ2n) is 3.56. The van der Waals surface area contributed by atoms with Gasteiger partial charge in [0, 0.05) is 22.0 Å². The number of hydrazine groups is 1. The highest BCUT2D eigenvalue weighted by molar-refractivity contribution is 9.10. The summed E-state index contributed by atoms with van der Waals surface area (Å²) in [5.41, 5.74) is 5.69. The Morgan fingerprint density at radius 2 is 2.35 bits per heavy atom. The number of halogens is 2. The lowest BCUT2D eigenvalue weighted by atomic mass is 10.0. The van der Waals surface area contributed by atoms with Crippen LogP contribution in [0.15, 0.2) is 34.4 Å². The van der Waals surface area contributed by atoms with Gasteiger partial charge in [-0.15, -0.1) is 11.3 Å². The topological polar surface area (TPSA) is 50.9 Å². The molecule has 0 bridgehead atoms. The summed E-state index contributed by atoms with van der Waals surface area (Å²) in [5.74, 6) is 5.59. The molecular weight excluding hydrogens is 322 g/mol. The van der Waals surface area contributed by atoms with Crippen molar-refractivity contribution >= 4 is 38.9 Å². The lowest BCUT2D eigenvalue weighted by molar-refractivity contribution is 0.555. The summed E-state index contributed by atoms with van der Waals surface area (Å²) in [5, 5.41) is 0.687. The van der Waals surface area contributed by atoms with Gasteiger partial charge in [-0.25, -0.2) is 0 Å². The number of nitrogens with zero attached hydrogens (tertiary/aromatic N) is 1. The second kappa shape index (κ2) is 5.93. The molecule has 0 spiro atoms. The molecule has 1 aromatic carbocycles. The second-order valence-corrected chi connectivity index (χ2v) is 5.80. The zero-order chi connectivity index (χ0) is 12.3. The Kier molecular flexibility index (Phi) is 4.53. The van der Waals surface area contributed by atoms with E-state index in [9.17, 15) is 0 Å². The van der Waals surface area contributed by atoms with Crippen molar-refractivity contribution in [3.8, 4) is 0 Å². The molecule has 0 aliphatic rings. The maximum absolute atomic E-state index is 6.07. The van der Waals surface area contributed by atoms with E-state index in [-0.39, 0.29) is 6.04 Å². The van der Waals surface area contributed by atoms with E-state index in [1.165, 1.54) is 4.88 Å². The van der Waals surface area contributed by atoms with Crippen LogP contribution >= 0.6 is 38.9 Å². The van der Waals surface area contributed by atoms with Gasteiger partial charge in [0.2, 0.25) is 0 Å². The van der Waals surface area contributed by atoms with Crippen molar-refractivity contribution in [1.82, 2.24) is 10.4 Å². The van der Waals surface area contributed by atoms with E-state index in [0.29, 0.717) is 5.02 Å². The fourth-order valence-electron chi connectivity index (χ4n) is 1.55. The Hall–Kier alpha value is -0.460. The van der Waals surface area contributed by atoms with Gasteiger partial charge in [-0.3, -0.25) is 16.3 Å². The minimum absolute atomic E-state index is 0.0426. The molecule has 3 nitrogen and oxygen atoms in total. The van der Waals surface area contributed by atoms with E-state index in [2.05, 4.69) is 26.3 Å². The van der Waals surface area contributed by atoms with Crippen LogP contribution in [0.2, 0.25) is 5.02 Å². The van der Waals surface area contributed by atoms with Crippen molar-refractivity contribution in [2.45, 2.75) is 12.5 Å². The molecule has 0 aliphatic heterocycles. The molecule has 0 saturated carbocycles. The van der Waals surface area contributed by atoms with Crippen LogP contribution < -0.4 is 11.3 Å². The largest absolute Gasteiger partial charge is 0.271 e. The monoisotopic (exact) mass is 331 g/mol. The number of nitrogens with two attached hydrogens (primary N) is 1. The minimum atomic E-state index is 0.0426. The van der Waals surface area contributed by atoms with Crippen LogP contribution in [0.1, 0.15) is 16.5 Å². The van der Waals surface area contributed by atoms with Crippen LogP contribution in [0.5, 0.6) is 0 Å². The molecule has 0 radical (unpaired) electrons. The summed E-state index contributed by atoms with van der Waals surface area (Å²) in [6.45, 7) is 0. The van der Waals surface area contributed by atoms with E-state index in [4.69, 9.17) is 17.4 Å². The first-order valence-electron chi connectivity index (χ1n) is 4.99. The standard InChI is InChI=1S/C11H11BrClN3S/c12-9-2-1-7(3-10(9)13)11(16-14)4-8-5-15-6-17-8/h1-3,5-6,11,16H,4,14H2. The maximum atomic E-state index is 6.07. The molecule has 1 heterocycles. The highest BCUT2D eigenvalue weighted by Gasteiger charge is 2.12.